The van der Waals surface area contributed by atoms with Crippen molar-refractivity contribution in [1.29, 1.82) is 0 Å². The normalized spacial score (nSPS) is 32.7. The molecule has 5 N–H and O–H groups in total. The minimum Gasteiger partial charge on any atom is -0.478 e. The van der Waals surface area contributed by atoms with Crippen LogP contribution in [0.25, 0.3) is 0 Å². The predicted octanol–water partition coefficient (Wildman–Crippen LogP) is 0.278. The van der Waals surface area contributed by atoms with Crippen LogP contribution in [0.1, 0.15) is 17.3 Å². The van der Waals surface area contributed by atoms with Crippen molar-refractivity contribution in [2.45, 2.75) is 37.6 Å². The topological polar surface area (TPSA) is 119 Å². The van der Waals surface area contributed by atoms with Gasteiger partial charge in [0.1, 0.15) is 18.3 Å². The van der Waals surface area contributed by atoms with Crippen LogP contribution >= 0.6 is 11.6 Å². The first-order chi connectivity index (χ1) is 9.81. The Labute approximate surface area is 125 Å². The fourth-order valence-corrected chi connectivity index (χ4v) is 2.32. The van der Waals surface area contributed by atoms with Crippen LogP contribution in [-0.2, 0) is 4.74 Å². The molecule has 0 aromatic heterocycles. The van der Waals surface area contributed by atoms with Gasteiger partial charge in [0, 0.05) is 5.02 Å². The molecule has 1 aromatic rings. The summed E-state index contributed by atoms with van der Waals surface area (Å²) in [4.78, 5) is 11.2. The molecule has 7 nitrogen and oxygen atoms in total. The molecule has 1 aliphatic heterocycles. The Bertz CT molecular complexity index is 539. The molecule has 1 aliphatic rings. The summed E-state index contributed by atoms with van der Waals surface area (Å²) in [6, 6.07) is 4.12. The Balaban J connectivity index is 2.25. The van der Waals surface area contributed by atoms with Crippen molar-refractivity contribution in [3.63, 3.8) is 0 Å². The van der Waals surface area contributed by atoms with Gasteiger partial charge in [-0.15, -0.1) is 0 Å². The van der Waals surface area contributed by atoms with E-state index in [1.807, 2.05) is 0 Å². The summed E-state index contributed by atoms with van der Waals surface area (Å²) >= 11 is 5.83. The van der Waals surface area contributed by atoms with E-state index in [0.717, 1.165) is 0 Å². The number of ether oxygens (including phenoxy) is 1. The van der Waals surface area contributed by atoms with Crippen LogP contribution in [0.15, 0.2) is 18.2 Å². The number of benzene rings is 1. The lowest BCUT2D eigenvalue weighted by molar-refractivity contribution is -0.209. The van der Waals surface area contributed by atoms with E-state index in [9.17, 15) is 20.1 Å². The second-order valence-corrected chi connectivity index (χ2v) is 5.31. The van der Waals surface area contributed by atoms with Gasteiger partial charge in [0.05, 0.1) is 17.4 Å². The number of carboxylic acid groups (broad SMARTS) is 1. The number of hydrogen-bond donors (Lipinski definition) is 5. The van der Waals surface area contributed by atoms with Crippen molar-refractivity contribution in [2.24, 2.45) is 0 Å². The quantitative estimate of drug-likeness (QED) is 0.543. The molecule has 0 unspecified atom stereocenters. The highest BCUT2D eigenvalue weighted by Crippen LogP contribution is 2.26. The van der Waals surface area contributed by atoms with Gasteiger partial charge in [-0.05, 0) is 25.1 Å². The molecule has 1 heterocycles. The van der Waals surface area contributed by atoms with E-state index < -0.39 is 36.6 Å². The molecule has 5 atom stereocenters. The van der Waals surface area contributed by atoms with Gasteiger partial charge in [-0.25, -0.2) is 4.79 Å². The lowest BCUT2D eigenvalue weighted by Gasteiger charge is -2.40. The van der Waals surface area contributed by atoms with Gasteiger partial charge in [-0.1, -0.05) is 11.6 Å². The molecule has 1 saturated heterocycles. The van der Waals surface area contributed by atoms with Crippen LogP contribution in [0.3, 0.4) is 0 Å². The maximum atomic E-state index is 11.2. The molecule has 0 bridgehead atoms. The summed E-state index contributed by atoms with van der Waals surface area (Å²) in [7, 11) is 0. The van der Waals surface area contributed by atoms with Crippen molar-refractivity contribution < 1.29 is 30.0 Å². The third-order valence-electron chi connectivity index (χ3n) is 3.36. The number of aliphatic hydroxyl groups excluding tert-OH is 3. The highest BCUT2D eigenvalue weighted by Gasteiger charge is 2.42. The van der Waals surface area contributed by atoms with Crippen molar-refractivity contribution in [3.8, 4) is 0 Å². The summed E-state index contributed by atoms with van der Waals surface area (Å²) < 4.78 is 5.35. The number of anilines is 1. The van der Waals surface area contributed by atoms with E-state index in [1.54, 1.807) is 0 Å². The van der Waals surface area contributed by atoms with Crippen molar-refractivity contribution >= 4 is 23.3 Å². The Morgan fingerprint density at radius 1 is 1.24 bits per heavy atom. The molecule has 8 heteroatoms. The lowest BCUT2D eigenvalue weighted by atomic mass is 9.99. The molecule has 0 spiro atoms. The zero-order valence-electron chi connectivity index (χ0n) is 11.1. The minimum atomic E-state index is -1.42. The standard InChI is InChI=1S/C13H16ClNO6/c1-5-9(16)10(17)11(18)12(21-5)15-8-4-6(14)2-3-7(8)13(19)20/h2-5,9-12,15-18H,1H3,(H,19,20)/t5-,9-,10+,11+,12-/m1/s1. The zero-order chi connectivity index (χ0) is 15.7. The SMILES string of the molecule is C[C@H]1O[C@@H](Nc2cc(Cl)ccc2C(=O)O)[C@@H](O)[C@@H](O)[C@@H]1O. The van der Waals surface area contributed by atoms with Gasteiger partial charge in [-0.2, -0.15) is 0 Å². The van der Waals surface area contributed by atoms with Gasteiger partial charge in [0.2, 0.25) is 0 Å². The van der Waals surface area contributed by atoms with E-state index in [0.29, 0.717) is 5.02 Å². The van der Waals surface area contributed by atoms with Gasteiger partial charge < -0.3 is 30.5 Å². The first-order valence-electron chi connectivity index (χ1n) is 6.30. The van der Waals surface area contributed by atoms with Crippen LogP contribution in [0.4, 0.5) is 5.69 Å². The first-order valence-corrected chi connectivity index (χ1v) is 6.68. The molecule has 2 rings (SSSR count). The number of rotatable bonds is 3. The Hall–Kier alpha value is -1.38. The van der Waals surface area contributed by atoms with E-state index in [2.05, 4.69) is 5.32 Å². The second-order valence-electron chi connectivity index (χ2n) is 4.87. The van der Waals surface area contributed by atoms with Gasteiger partial charge in [0.25, 0.3) is 0 Å². The predicted molar refractivity (Wildman–Crippen MR) is 74.4 cm³/mol. The molecule has 116 valence electrons. The Morgan fingerprint density at radius 2 is 1.90 bits per heavy atom. The number of aromatic carboxylic acids is 1. The Morgan fingerprint density at radius 3 is 2.52 bits per heavy atom. The number of carboxylic acids is 1. The molecule has 0 aliphatic carbocycles. The molecular weight excluding hydrogens is 302 g/mol. The molecule has 0 radical (unpaired) electrons. The fourth-order valence-electron chi connectivity index (χ4n) is 2.15. The number of hydrogen-bond acceptors (Lipinski definition) is 6. The number of nitrogens with one attached hydrogen (secondary N) is 1. The highest BCUT2D eigenvalue weighted by molar-refractivity contribution is 6.31. The van der Waals surface area contributed by atoms with Gasteiger partial charge >= 0.3 is 5.97 Å². The third kappa shape index (κ3) is 3.28. The Kier molecular flexibility index (Phi) is 4.70. The summed E-state index contributed by atoms with van der Waals surface area (Å²) in [5.41, 5.74) is 0.0957. The van der Waals surface area contributed by atoms with Gasteiger partial charge in [-0.3, -0.25) is 0 Å². The molecule has 0 amide bonds. The maximum Gasteiger partial charge on any atom is 0.337 e. The summed E-state index contributed by atoms with van der Waals surface area (Å²) in [6.07, 6.45) is -5.85. The van der Waals surface area contributed by atoms with E-state index in [1.165, 1.54) is 25.1 Å². The van der Waals surface area contributed by atoms with E-state index in [4.69, 9.17) is 21.4 Å². The van der Waals surface area contributed by atoms with Crippen LogP contribution in [-0.4, -0.2) is 57.0 Å². The number of carbonyl (C=O) groups is 1. The van der Waals surface area contributed by atoms with Gasteiger partial charge in [0.15, 0.2) is 6.23 Å². The average Bonchev–Trinajstić information content (AvgIpc) is 2.42. The zero-order valence-corrected chi connectivity index (χ0v) is 11.9. The average molecular weight is 318 g/mol. The summed E-state index contributed by atoms with van der Waals surface area (Å²) in [6.45, 7) is 1.53. The fraction of sp³-hybridized carbons (Fsp3) is 0.462. The maximum absolute atomic E-state index is 11.2. The third-order valence-corrected chi connectivity index (χ3v) is 3.60. The van der Waals surface area contributed by atoms with Crippen LogP contribution in [0.2, 0.25) is 5.02 Å². The van der Waals surface area contributed by atoms with Crippen LogP contribution in [0, 0.1) is 0 Å². The second kappa shape index (κ2) is 6.17. The smallest absolute Gasteiger partial charge is 0.337 e. The molecule has 21 heavy (non-hydrogen) atoms. The first kappa shape index (κ1) is 16.0. The molecule has 1 fully saturated rings. The minimum absolute atomic E-state index is 0.0523. The summed E-state index contributed by atoms with van der Waals surface area (Å²) in [5, 5.41) is 41.4. The molecule has 0 saturated carbocycles. The van der Waals surface area contributed by atoms with E-state index >= 15 is 0 Å². The van der Waals surface area contributed by atoms with Crippen LogP contribution < -0.4 is 5.32 Å². The summed E-state index contributed by atoms with van der Waals surface area (Å²) in [5.74, 6) is -1.17. The largest absolute Gasteiger partial charge is 0.478 e. The van der Waals surface area contributed by atoms with Crippen molar-refractivity contribution in [3.05, 3.63) is 28.8 Å². The lowest BCUT2D eigenvalue weighted by Crippen LogP contribution is -2.58. The van der Waals surface area contributed by atoms with E-state index in [-0.39, 0.29) is 11.3 Å². The molecule has 1 aromatic carbocycles. The van der Waals surface area contributed by atoms with Crippen LogP contribution in [0.5, 0.6) is 0 Å². The monoisotopic (exact) mass is 317 g/mol. The molecular formula is C13H16ClNO6. The van der Waals surface area contributed by atoms with Crippen molar-refractivity contribution in [1.82, 2.24) is 0 Å². The highest BCUT2D eigenvalue weighted by atomic mass is 35.5. The number of aliphatic hydroxyl groups is 3. The van der Waals surface area contributed by atoms with Crippen molar-refractivity contribution in [2.75, 3.05) is 5.32 Å². The number of halogens is 1.